The van der Waals surface area contributed by atoms with E-state index in [9.17, 15) is 4.79 Å². The van der Waals surface area contributed by atoms with Crippen LogP contribution in [0.5, 0.6) is 5.75 Å². The molecule has 0 aliphatic heterocycles. The summed E-state index contributed by atoms with van der Waals surface area (Å²) < 4.78 is 7.53. The van der Waals surface area contributed by atoms with Crippen LogP contribution < -0.4 is 4.74 Å². The molecule has 1 aromatic carbocycles. The molecule has 2 rings (SSSR count). The number of carbonyl (C=O) groups excluding carboxylic acids is 1. The summed E-state index contributed by atoms with van der Waals surface area (Å²) >= 11 is 6.77. The van der Waals surface area contributed by atoms with Gasteiger partial charge in [-0.3, -0.25) is 4.79 Å². The third-order valence-corrected chi connectivity index (χ3v) is 3.21. The lowest BCUT2D eigenvalue weighted by Gasteiger charge is -2.25. The van der Waals surface area contributed by atoms with Crippen molar-refractivity contribution in [3.05, 3.63) is 27.1 Å². The van der Waals surface area contributed by atoms with Crippen LogP contribution in [0.2, 0.25) is 0 Å². The molecule has 0 spiro atoms. The topological polar surface area (TPSA) is 26.3 Å². The van der Waals surface area contributed by atoms with E-state index in [1.165, 1.54) is 0 Å². The Labute approximate surface area is 98.9 Å². The van der Waals surface area contributed by atoms with E-state index in [-0.39, 0.29) is 11.9 Å². The Morgan fingerprint density at radius 2 is 2.00 bits per heavy atom. The highest BCUT2D eigenvalue weighted by molar-refractivity contribution is 9.11. The van der Waals surface area contributed by atoms with E-state index in [2.05, 4.69) is 31.9 Å². The minimum atomic E-state index is 0.0694. The molecule has 1 fully saturated rings. The second-order valence-corrected chi connectivity index (χ2v) is 5.03. The molecule has 0 amide bonds. The summed E-state index contributed by atoms with van der Waals surface area (Å²) in [6.45, 7) is 0. The highest BCUT2D eigenvalue weighted by Gasteiger charge is 2.28. The van der Waals surface area contributed by atoms with Crippen LogP contribution in [-0.4, -0.2) is 11.9 Å². The minimum absolute atomic E-state index is 0.0694. The van der Waals surface area contributed by atoms with Crippen molar-refractivity contribution in [3.8, 4) is 5.75 Å². The summed E-state index contributed by atoms with van der Waals surface area (Å²) in [6.07, 6.45) is 1.16. The molecule has 0 atom stereocenters. The highest BCUT2D eigenvalue weighted by Crippen LogP contribution is 2.31. The molecule has 0 bridgehead atoms. The molecule has 1 aliphatic rings. The highest BCUT2D eigenvalue weighted by atomic mass is 79.9. The third kappa shape index (κ3) is 2.17. The molecule has 0 N–H and O–H groups in total. The van der Waals surface area contributed by atoms with Crippen molar-refractivity contribution in [3.63, 3.8) is 0 Å². The van der Waals surface area contributed by atoms with Gasteiger partial charge in [-0.25, -0.2) is 0 Å². The number of rotatable bonds is 2. The molecule has 1 aliphatic carbocycles. The predicted octanol–water partition coefficient (Wildman–Crippen LogP) is 3.32. The molecule has 1 saturated carbocycles. The van der Waals surface area contributed by atoms with Crippen molar-refractivity contribution in [2.75, 3.05) is 0 Å². The van der Waals surface area contributed by atoms with Gasteiger partial charge >= 0.3 is 0 Å². The summed E-state index contributed by atoms with van der Waals surface area (Å²) in [5.41, 5.74) is 0. The second-order valence-electron chi connectivity index (χ2n) is 3.26. The number of ketones is 1. The Hall–Kier alpha value is -0.350. The van der Waals surface area contributed by atoms with E-state index in [0.717, 1.165) is 14.7 Å². The number of ether oxygens (including phenoxy) is 1. The monoisotopic (exact) mass is 318 g/mol. The Morgan fingerprint density at radius 1 is 1.29 bits per heavy atom. The standard InChI is InChI=1S/C10H8Br2O2/c11-6-1-2-10(9(12)3-6)14-8-4-7(13)5-8/h1-3,8H,4-5H2. The number of benzene rings is 1. The van der Waals surface area contributed by atoms with Gasteiger partial charge in [-0.2, -0.15) is 0 Å². The first-order valence-electron chi connectivity index (χ1n) is 4.28. The van der Waals surface area contributed by atoms with Crippen molar-refractivity contribution in [1.29, 1.82) is 0 Å². The zero-order chi connectivity index (χ0) is 10.1. The maximum Gasteiger partial charge on any atom is 0.140 e. The molecular formula is C10H8Br2O2. The van der Waals surface area contributed by atoms with Crippen LogP contribution >= 0.6 is 31.9 Å². The fraction of sp³-hybridized carbons (Fsp3) is 0.300. The maximum atomic E-state index is 10.7. The van der Waals surface area contributed by atoms with Gasteiger partial charge in [0.1, 0.15) is 17.6 Å². The minimum Gasteiger partial charge on any atom is -0.488 e. The molecule has 1 aromatic rings. The Bertz CT molecular complexity index is 368. The molecule has 2 nitrogen and oxygen atoms in total. The van der Waals surface area contributed by atoms with Crippen LogP contribution in [0.3, 0.4) is 0 Å². The van der Waals surface area contributed by atoms with Gasteiger partial charge in [0.15, 0.2) is 0 Å². The first-order valence-corrected chi connectivity index (χ1v) is 5.87. The molecule has 0 saturated heterocycles. The van der Waals surface area contributed by atoms with E-state index in [1.54, 1.807) is 0 Å². The zero-order valence-corrected chi connectivity index (χ0v) is 10.5. The quantitative estimate of drug-likeness (QED) is 0.836. The van der Waals surface area contributed by atoms with Crippen LogP contribution in [0, 0.1) is 0 Å². The van der Waals surface area contributed by atoms with Crippen molar-refractivity contribution < 1.29 is 9.53 Å². The van der Waals surface area contributed by atoms with Gasteiger partial charge in [-0.05, 0) is 34.1 Å². The molecule has 74 valence electrons. The third-order valence-electron chi connectivity index (χ3n) is 2.10. The normalized spacial score (nSPS) is 16.6. The van der Waals surface area contributed by atoms with E-state index in [0.29, 0.717) is 12.8 Å². The van der Waals surface area contributed by atoms with E-state index < -0.39 is 0 Å². The number of carbonyl (C=O) groups is 1. The summed E-state index contributed by atoms with van der Waals surface area (Å²) in [5, 5.41) is 0. The predicted molar refractivity (Wildman–Crippen MR) is 60.5 cm³/mol. The lowest BCUT2D eigenvalue weighted by atomic mass is 9.94. The van der Waals surface area contributed by atoms with Gasteiger partial charge in [0.2, 0.25) is 0 Å². The molecule has 14 heavy (non-hydrogen) atoms. The van der Waals surface area contributed by atoms with Crippen LogP contribution in [0.4, 0.5) is 0 Å². The van der Waals surface area contributed by atoms with Crippen LogP contribution in [-0.2, 0) is 4.79 Å². The average Bonchev–Trinajstić information content (AvgIpc) is 2.06. The largest absolute Gasteiger partial charge is 0.488 e. The fourth-order valence-electron chi connectivity index (χ4n) is 1.28. The summed E-state index contributed by atoms with van der Waals surface area (Å²) in [7, 11) is 0. The zero-order valence-electron chi connectivity index (χ0n) is 7.30. The fourth-order valence-corrected chi connectivity index (χ4v) is 2.42. The summed E-state index contributed by atoms with van der Waals surface area (Å²) in [5.74, 6) is 1.08. The van der Waals surface area contributed by atoms with Crippen LogP contribution in [0.25, 0.3) is 0 Å². The molecule has 0 radical (unpaired) electrons. The second kappa shape index (κ2) is 4.03. The van der Waals surface area contributed by atoms with Gasteiger partial charge in [0.05, 0.1) is 4.47 Å². The Kier molecular flexibility index (Phi) is 2.93. The van der Waals surface area contributed by atoms with Gasteiger partial charge in [0.25, 0.3) is 0 Å². The van der Waals surface area contributed by atoms with E-state index in [4.69, 9.17) is 4.74 Å². The Morgan fingerprint density at radius 3 is 2.57 bits per heavy atom. The lowest BCUT2D eigenvalue weighted by molar-refractivity contribution is -0.129. The Balaban J connectivity index is 2.06. The van der Waals surface area contributed by atoms with Gasteiger partial charge in [0, 0.05) is 17.3 Å². The SMILES string of the molecule is O=C1CC(Oc2ccc(Br)cc2Br)C1. The van der Waals surface area contributed by atoms with Gasteiger partial charge < -0.3 is 4.74 Å². The molecule has 4 heteroatoms. The summed E-state index contributed by atoms with van der Waals surface area (Å²) in [4.78, 5) is 10.7. The average molecular weight is 320 g/mol. The number of halogens is 2. The molecule has 0 heterocycles. The smallest absolute Gasteiger partial charge is 0.140 e. The van der Waals surface area contributed by atoms with E-state index >= 15 is 0 Å². The number of Topliss-reactive ketones (excluding diaryl/α,β-unsaturated/α-hetero) is 1. The van der Waals surface area contributed by atoms with Crippen molar-refractivity contribution >= 4 is 37.6 Å². The van der Waals surface area contributed by atoms with Crippen molar-refractivity contribution in [2.45, 2.75) is 18.9 Å². The number of hydrogen-bond acceptors (Lipinski definition) is 2. The van der Waals surface area contributed by atoms with Gasteiger partial charge in [-0.15, -0.1) is 0 Å². The first-order chi connectivity index (χ1) is 6.65. The van der Waals surface area contributed by atoms with Crippen molar-refractivity contribution in [1.82, 2.24) is 0 Å². The summed E-state index contributed by atoms with van der Waals surface area (Å²) in [6, 6.07) is 5.73. The maximum absolute atomic E-state index is 10.7. The van der Waals surface area contributed by atoms with Gasteiger partial charge in [-0.1, -0.05) is 15.9 Å². The molecule has 0 aromatic heterocycles. The first kappa shape index (κ1) is 10.2. The number of hydrogen-bond donors (Lipinski definition) is 0. The van der Waals surface area contributed by atoms with Crippen LogP contribution in [0.1, 0.15) is 12.8 Å². The lowest BCUT2D eigenvalue weighted by Crippen LogP contribution is -2.33. The van der Waals surface area contributed by atoms with E-state index in [1.807, 2.05) is 18.2 Å². The van der Waals surface area contributed by atoms with Crippen molar-refractivity contribution in [2.24, 2.45) is 0 Å². The molecular weight excluding hydrogens is 312 g/mol. The molecule has 0 unspecified atom stereocenters. The van der Waals surface area contributed by atoms with Crippen LogP contribution in [0.15, 0.2) is 27.1 Å².